The standard InChI is InChI=1S/C27H22ClN3O3S/c1-3-33-21-14-12-20(13-15-21)31-26(32)22-6-4-5-7-23(22)30-27(31)35-16-24-17(2)34-25(29-24)18-8-10-19(28)11-9-18/h4-15H,3,16H2,1-2H3. The van der Waals surface area contributed by atoms with Crippen molar-refractivity contribution >= 4 is 34.3 Å². The van der Waals surface area contributed by atoms with Crippen molar-refractivity contribution in [3.63, 3.8) is 0 Å². The maximum absolute atomic E-state index is 13.5. The van der Waals surface area contributed by atoms with Crippen LogP contribution in [0, 0.1) is 6.92 Å². The van der Waals surface area contributed by atoms with Crippen molar-refractivity contribution in [3.8, 4) is 22.9 Å². The van der Waals surface area contributed by atoms with E-state index >= 15 is 0 Å². The maximum Gasteiger partial charge on any atom is 0.266 e. The molecule has 0 aliphatic carbocycles. The molecule has 0 saturated carbocycles. The van der Waals surface area contributed by atoms with Gasteiger partial charge in [0.1, 0.15) is 11.5 Å². The number of ether oxygens (including phenoxy) is 1. The molecule has 0 spiro atoms. The largest absolute Gasteiger partial charge is 0.494 e. The molecule has 0 bridgehead atoms. The van der Waals surface area contributed by atoms with Gasteiger partial charge in [-0.2, -0.15) is 0 Å². The molecule has 0 fully saturated rings. The Morgan fingerprint density at radius 1 is 1.00 bits per heavy atom. The predicted octanol–water partition coefficient (Wildman–Crippen LogP) is 6.69. The SMILES string of the molecule is CCOc1ccc(-n2c(SCc3nc(-c4ccc(Cl)cc4)oc3C)nc3ccccc3c2=O)cc1. The average Bonchev–Trinajstić information content (AvgIpc) is 3.24. The smallest absolute Gasteiger partial charge is 0.266 e. The van der Waals surface area contributed by atoms with E-state index in [1.807, 2.05) is 68.4 Å². The summed E-state index contributed by atoms with van der Waals surface area (Å²) in [6.07, 6.45) is 0. The normalized spacial score (nSPS) is 11.2. The number of fused-ring (bicyclic) bond motifs is 1. The zero-order chi connectivity index (χ0) is 24.4. The molecule has 6 nitrogen and oxygen atoms in total. The topological polar surface area (TPSA) is 70.2 Å². The minimum Gasteiger partial charge on any atom is -0.494 e. The van der Waals surface area contributed by atoms with Crippen molar-refractivity contribution in [1.82, 2.24) is 14.5 Å². The van der Waals surface area contributed by atoms with Crippen LogP contribution in [0.25, 0.3) is 28.0 Å². The first-order chi connectivity index (χ1) is 17.0. The molecular formula is C27H22ClN3O3S. The third kappa shape index (κ3) is 4.83. The molecule has 35 heavy (non-hydrogen) atoms. The van der Waals surface area contributed by atoms with Crippen LogP contribution in [0.3, 0.4) is 0 Å². The summed E-state index contributed by atoms with van der Waals surface area (Å²) in [5.41, 5.74) is 2.89. The molecule has 0 N–H and O–H groups in total. The van der Waals surface area contributed by atoms with Gasteiger partial charge in [-0.3, -0.25) is 9.36 Å². The van der Waals surface area contributed by atoms with E-state index in [1.54, 1.807) is 22.8 Å². The zero-order valence-corrected chi connectivity index (χ0v) is 20.8. The number of aromatic nitrogens is 3. The van der Waals surface area contributed by atoms with Gasteiger partial charge in [0.25, 0.3) is 5.56 Å². The average molecular weight is 504 g/mol. The number of halogens is 1. The molecule has 2 aromatic heterocycles. The minimum absolute atomic E-state index is 0.124. The minimum atomic E-state index is -0.124. The Hall–Kier alpha value is -3.55. The Labute approximate surface area is 211 Å². The maximum atomic E-state index is 13.5. The van der Waals surface area contributed by atoms with Crippen molar-refractivity contribution < 1.29 is 9.15 Å². The first-order valence-electron chi connectivity index (χ1n) is 11.1. The van der Waals surface area contributed by atoms with Gasteiger partial charge in [-0.15, -0.1) is 0 Å². The van der Waals surface area contributed by atoms with Crippen LogP contribution >= 0.6 is 23.4 Å². The van der Waals surface area contributed by atoms with Gasteiger partial charge in [0.05, 0.1) is 28.9 Å². The second kappa shape index (κ2) is 9.98. The highest BCUT2D eigenvalue weighted by Crippen LogP contribution is 2.29. The Morgan fingerprint density at radius 3 is 2.49 bits per heavy atom. The van der Waals surface area contributed by atoms with Gasteiger partial charge in [0, 0.05) is 16.3 Å². The summed E-state index contributed by atoms with van der Waals surface area (Å²) in [6.45, 7) is 4.40. The van der Waals surface area contributed by atoms with Crippen molar-refractivity contribution in [3.05, 3.63) is 99.6 Å². The van der Waals surface area contributed by atoms with E-state index in [4.69, 9.17) is 25.7 Å². The fraction of sp³-hybridized carbons (Fsp3) is 0.148. The molecule has 5 rings (SSSR count). The second-order valence-electron chi connectivity index (χ2n) is 7.80. The number of rotatable bonds is 7. The monoisotopic (exact) mass is 503 g/mol. The van der Waals surface area contributed by atoms with Crippen LogP contribution in [0.2, 0.25) is 5.02 Å². The Bertz CT molecular complexity index is 1540. The van der Waals surface area contributed by atoms with Crippen LogP contribution in [0.5, 0.6) is 5.75 Å². The predicted molar refractivity (Wildman–Crippen MR) is 140 cm³/mol. The molecule has 3 aromatic carbocycles. The summed E-state index contributed by atoms with van der Waals surface area (Å²) < 4.78 is 13.1. The van der Waals surface area contributed by atoms with Crippen molar-refractivity contribution in [2.24, 2.45) is 0 Å². The van der Waals surface area contributed by atoms with E-state index in [1.165, 1.54) is 11.8 Å². The number of nitrogens with zero attached hydrogens (tertiary/aromatic N) is 3. The van der Waals surface area contributed by atoms with Gasteiger partial charge in [0.15, 0.2) is 5.16 Å². The van der Waals surface area contributed by atoms with Gasteiger partial charge in [0.2, 0.25) is 5.89 Å². The number of thioether (sulfide) groups is 1. The summed E-state index contributed by atoms with van der Waals surface area (Å²) in [5.74, 6) is 2.49. The Balaban J connectivity index is 1.51. The van der Waals surface area contributed by atoms with E-state index < -0.39 is 0 Å². The van der Waals surface area contributed by atoms with Crippen LogP contribution in [0.1, 0.15) is 18.4 Å². The summed E-state index contributed by atoms with van der Waals surface area (Å²) in [6, 6.07) is 22.2. The third-order valence-corrected chi connectivity index (χ3v) is 6.67. The lowest BCUT2D eigenvalue weighted by Crippen LogP contribution is -2.21. The first kappa shape index (κ1) is 23.2. The molecule has 8 heteroatoms. The van der Waals surface area contributed by atoms with E-state index in [2.05, 4.69) is 4.98 Å². The van der Waals surface area contributed by atoms with Gasteiger partial charge < -0.3 is 9.15 Å². The lowest BCUT2D eigenvalue weighted by molar-refractivity contribution is 0.340. The highest BCUT2D eigenvalue weighted by molar-refractivity contribution is 7.98. The molecule has 0 atom stereocenters. The number of para-hydroxylation sites is 1. The van der Waals surface area contributed by atoms with Crippen LogP contribution in [0.15, 0.2) is 87.2 Å². The highest BCUT2D eigenvalue weighted by Gasteiger charge is 2.17. The lowest BCUT2D eigenvalue weighted by atomic mass is 10.2. The molecule has 0 aliphatic heterocycles. The van der Waals surface area contributed by atoms with E-state index in [0.717, 1.165) is 28.5 Å². The van der Waals surface area contributed by atoms with Crippen molar-refractivity contribution in [2.45, 2.75) is 24.8 Å². The molecular weight excluding hydrogens is 482 g/mol. The summed E-state index contributed by atoms with van der Waals surface area (Å²) in [7, 11) is 0. The quantitative estimate of drug-likeness (QED) is 0.182. The number of hydrogen-bond donors (Lipinski definition) is 0. The molecule has 0 aliphatic rings. The number of oxazole rings is 1. The zero-order valence-electron chi connectivity index (χ0n) is 19.2. The second-order valence-corrected chi connectivity index (χ2v) is 9.18. The molecule has 5 aromatic rings. The number of hydrogen-bond acceptors (Lipinski definition) is 6. The molecule has 0 unspecified atom stereocenters. The van der Waals surface area contributed by atoms with Crippen molar-refractivity contribution in [1.29, 1.82) is 0 Å². The Morgan fingerprint density at radius 2 is 1.74 bits per heavy atom. The number of aryl methyl sites for hydroxylation is 1. The van der Waals surface area contributed by atoms with Gasteiger partial charge in [-0.05, 0) is 74.5 Å². The molecule has 0 amide bonds. The fourth-order valence-corrected chi connectivity index (χ4v) is 4.85. The lowest BCUT2D eigenvalue weighted by Gasteiger charge is -2.13. The van der Waals surface area contributed by atoms with E-state index in [-0.39, 0.29) is 5.56 Å². The van der Waals surface area contributed by atoms with Crippen LogP contribution in [-0.4, -0.2) is 21.1 Å². The van der Waals surface area contributed by atoms with Gasteiger partial charge in [-0.25, -0.2) is 9.97 Å². The van der Waals surface area contributed by atoms with Crippen LogP contribution in [-0.2, 0) is 5.75 Å². The van der Waals surface area contributed by atoms with Gasteiger partial charge in [-0.1, -0.05) is 35.5 Å². The van der Waals surface area contributed by atoms with E-state index in [9.17, 15) is 4.79 Å². The van der Waals surface area contributed by atoms with E-state index in [0.29, 0.717) is 39.3 Å². The fourth-order valence-electron chi connectivity index (χ4n) is 3.71. The van der Waals surface area contributed by atoms with Crippen molar-refractivity contribution in [2.75, 3.05) is 6.61 Å². The summed E-state index contributed by atoms with van der Waals surface area (Å²) in [5, 5.41) is 1.80. The number of benzene rings is 3. The molecule has 0 saturated heterocycles. The summed E-state index contributed by atoms with van der Waals surface area (Å²) in [4.78, 5) is 23.0. The summed E-state index contributed by atoms with van der Waals surface area (Å²) >= 11 is 7.44. The Kier molecular flexibility index (Phi) is 6.61. The van der Waals surface area contributed by atoms with Crippen LogP contribution in [0.4, 0.5) is 0 Å². The highest BCUT2D eigenvalue weighted by atomic mass is 35.5. The van der Waals surface area contributed by atoms with Gasteiger partial charge >= 0.3 is 0 Å². The third-order valence-electron chi connectivity index (χ3n) is 5.47. The first-order valence-corrected chi connectivity index (χ1v) is 12.5. The molecule has 2 heterocycles. The molecule has 176 valence electrons. The molecule has 0 radical (unpaired) electrons. The van der Waals surface area contributed by atoms with Crippen LogP contribution < -0.4 is 10.3 Å².